The number of ether oxygens (including phenoxy) is 1. The maximum absolute atomic E-state index is 12.6. The topological polar surface area (TPSA) is 106 Å². The molecule has 0 aliphatic carbocycles. The van der Waals surface area contributed by atoms with Gasteiger partial charge in [0, 0.05) is 31.0 Å². The summed E-state index contributed by atoms with van der Waals surface area (Å²) in [6.45, 7) is 1.64. The molecule has 1 atom stereocenters. The number of piperidine rings is 1. The van der Waals surface area contributed by atoms with Crippen molar-refractivity contribution >= 4 is 11.9 Å². The first-order valence-corrected chi connectivity index (χ1v) is 9.49. The van der Waals surface area contributed by atoms with Crippen LogP contribution in [0.1, 0.15) is 18.7 Å². The molecule has 9 nitrogen and oxygen atoms in total. The van der Waals surface area contributed by atoms with Crippen LogP contribution in [0, 0.1) is 5.92 Å². The smallest absolute Gasteiger partial charge is 0.246 e. The van der Waals surface area contributed by atoms with Crippen molar-refractivity contribution in [2.75, 3.05) is 25.1 Å². The number of aromatic nitrogens is 4. The number of nitrogens with one attached hydrogen (secondary N) is 1. The first kappa shape index (κ1) is 18.9. The number of rotatable bonds is 6. The highest BCUT2D eigenvalue weighted by molar-refractivity contribution is 5.79. The molecule has 4 rings (SSSR count). The van der Waals surface area contributed by atoms with Crippen molar-refractivity contribution in [2.45, 2.75) is 19.4 Å². The first-order valence-electron chi connectivity index (χ1n) is 9.49. The van der Waals surface area contributed by atoms with Crippen LogP contribution in [0.2, 0.25) is 0 Å². The van der Waals surface area contributed by atoms with E-state index >= 15 is 0 Å². The zero-order valence-corrected chi connectivity index (χ0v) is 16.1. The Morgan fingerprint density at radius 1 is 1.28 bits per heavy atom. The van der Waals surface area contributed by atoms with Gasteiger partial charge in [0.15, 0.2) is 0 Å². The maximum atomic E-state index is 12.6. The van der Waals surface area contributed by atoms with Crippen LogP contribution < -0.4 is 15.0 Å². The zero-order valence-electron chi connectivity index (χ0n) is 16.1. The van der Waals surface area contributed by atoms with Crippen molar-refractivity contribution in [2.24, 2.45) is 5.92 Å². The third-order valence-corrected chi connectivity index (χ3v) is 4.86. The van der Waals surface area contributed by atoms with Gasteiger partial charge in [-0.2, -0.15) is 4.98 Å². The van der Waals surface area contributed by atoms with Crippen molar-refractivity contribution in [1.82, 2.24) is 25.4 Å². The molecule has 3 heterocycles. The summed E-state index contributed by atoms with van der Waals surface area (Å²) in [7, 11) is 1.61. The van der Waals surface area contributed by atoms with Crippen molar-refractivity contribution in [3.63, 3.8) is 0 Å². The molecule has 2 aromatic heterocycles. The molecule has 150 valence electrons. The Kier molecular flexibility index (Phi) is 5.64. The lowest BCUT2D eigenvalue weighted by molar-refractivity contribution is -0.125. The Hall–Kier alpha value is -3.49. The van der Waals surface area contributed by atoms with Gasteiger partial charge in [-0.3, -0.25) is 4.79 Å². The van der Waals surface area contributed by atoms with Crippen molar-refractivity contribution in [1.29, 1.82) is 0 Å². The molecule has 9 heteroatoms. The molecule has 1 aliphatic heterocycles. The molecule has 1 aliphatic rings. The molecular formula is C20H22N6O3. The van der Waals surface area contributed by atoms with Crippen LogP contribution in [0.25, 0.3) is 11.4 Å². The molecule has 0 saturated carbocycles. The molecule has 1 aromatic carbocycles. The Bertz CT molecular complexity index is 944. The molecule has 0 spiro atoms. The van der Waals surface area contributed by atoms with Crippen LogP contribution in [0.3, 0.4) is 0 Å². The fraction of sp³-hybridized carbons (Fsp3) is 0.350. The molecule has 1 amide bonds. The summed E-state index contributed by atoms with van der Waals surface area (Å²) in [6, 6.07) is 9.15. The number of nitrogens with zero attached hydrogens (tertiary/aromatic N) is 5. The standard InChI is InChI=1S/C20H22N6O3/c1-28-16-7-5-14(6-8-16)18-24-17(29-25-18)12-23-19(27)15-4-2-11-26(13-15)20-21-9-3-10-22-20/h3,5-10,15H,2,4,11-13H2,1H3,(H,23,27). The molecule has 0 bridgehead atoms. The fourth-order valence-electron chi connectivity index (χ4n) is 3.32. The second-order valence-electron chi connectivity index (χ2n) is 6.79. The molecule has 3 aromatic rings. The van der Waals surface area contributed by atoms with Gasteiger partial charge in [0.1, 0.15) is 5.75 Å². The van der Waals surface area contributed by atoms with Crippen molar-refractivity contribution < 1.29 is 14.1 Å². The minimum Gasteiger partial charge on any atom is -0.497 e. The van der Waals surface area contributed by atoms with E-state index in [1.165, 1.54) is 0 Å². The number of anilines is 1. The van der Waals surface area contributed by atoms with Crippen LogP contribution in [0.4, 0.5) is 5.95 Å². The summed E-state index contributed by atoms with van der Waals surface area (Å²) < 4.78 is 10.4. The van der Waals surface area contributed by atoms with E-state index in [2.05, 4.69) is 25.4 Å². The summed E-state index contributed by atoms with van der Waals surface area (Å²) in [5.41, 5.74) is 0.818. The maximum Gasteiger partial charge on any atom is 0.246 e. The summed E-state index contributed by atoms with van der Waals surface area (Å²) in [5, 5.41) is 6.88. The van der Waals surface area contributed by atoms with Gasteiger partial charge in [0.05, 0.1) is 19.6 Å². The van der Waals surface area contributed by atoms with E-state index in [1.54, 1.807) is 25.6 Å². The highest BCUT2D eigenvalue weighted by Gasteiger charge is 2.27. The summed E-state index contributed by atoms with van der Waals surface area (Å²) in [4.78, 5) is 27.6. The monoisotopic (exact) mass is 394 g/mol. The lowest BCUT2D eigenvalue weighted by Crippen LogP contribution is -2.43. The summed E-state index contributed by atoms with van der Waals surface area (Å²) >= 11 is 0. The van der Waals surface area contributed by atoms with E-state index in [1.807, 2.05) is 29.2 Å². The number of methoxy groups -OCH3 is 1. The number of carbonyl (C=O) groups excluding carboxylic acids is 1. The van der Waals surface area contributed by atoms with Gasteiger partial charge >= 0.3 is 0 Å². The quantitative estimate of drug-likeness (QED) is 0.677. The summed E-state index contributed by atoms with van der Waals surface area (Å²) in [6.07, 6.45) is 5.17. The first-order chi connectivity index (χ1) is 14.2. The molecule has 1 N–H and O–H groups in total. The lowest BCUT2D eigenvalue weighted by Gasteiger charge is -2.31. The minimum atomic E-state index is -0.128. The average molecular weight is 394 g/mol. The number of benzene rings is 1. The second kappa shape index (κ2) is 8.68. The van der Waals surface area contributed by atoms with Gasteiger partial charge in [-0.25, -0.2) is 9.97 Å². The van der Waals surface area contributed by atoms with Gasteiger partial charge in [0.25, 0.3) is 0 Å². The predicted octanol–water partition coefficient (Wildman–Crippen LogP) is 2.07. The number of hydrogen-bond acceptors (Lipinski definition) is 8. The summed E-state index contributed by atoms with van der Waals surface area (Å²) in [5.74, 6) is 2.09. The van der Waals surface area contributed by atoms with E-state index in [9.17, 15) is 4.79 Å². The predicted molar refractivity (Wildman–Crippen MR) is 105 cm³/mol. The molecule has 29 heavy (non-hydrogen) atoms. The van der Waals surface area contributed by atoms with Crippen LogP contribution in [-0.4, -0.2) is 46.2 Å². The Morgan fingerprint density at radius 3 is 2.83 bits per heavy atom. The fourth-order valence-corrected chi connectivity index (χ4v) is 3.32. The normalized spacial score (nSPS) is 16.4. The Labute approximate surface area is 168 Å². The van der Waals surface area contributed by atoms with Gasteiger partial charge < -0.3 is 19.5 Å². The third kappa shape index (κ3) is 4.50. The van der Waals surface area contributed by atoms with Gasteiger partial charge in [-0.05, 0) is 43.2 Å². The SMILES string of the molecule is COc1ccc(-c2noc(CNC(=O)C3CCCN(c4ncccn4)C3)n2)cc1. The lowest BCUT2D eigenvalue weighted by atomic mass is 9.97. The van der Waals surface area contributed by atoms with E-state index < -0.39 is 0 Å². The molecule has 1 saturated heterocycles. The van der Waals surface area contributed by atoms with Crippen LogP contribution >= 0.6 is 0 Å². The second-order valence-corrected chi connectivity index (χ2v) is 6.79. The zero-order chi connectivity index (χ0) is 20.1. The third-order valence-electron chi connectivity index (χ3n) is 4.86. The van der Waals surface area contributed by atoms with Crippen LogP contribution in [-0.2, 0) is 11.3 Å². The van der Waals surface area contributed by atoms with Crippen molar-refractivity contribution in [3.05, 3.63) is 48.6 Å². The molecule has 0 radical (unpaired) electrons. The molecular weight excluding hydrogens is 372 g/mol. The van der Waals surface area contributed by atoms with Gasteiger partial charge in [0.2, 0.25) is 23.6 Å². The van der Waals surface area contributed by atoms with E-state index in [-0.39, 0.29) is 18.4 Å². The largest absolute Gasteiger partial charge is 0.497 e. The van der Waals surface area contributed by atoms with E-state index in [4.69, 9.17) is 9.26 Å². The molecule has 1 unspecified atom stereocenters. The number of amides is 1. The highest BCUT2D eigenvalue weighted by Crippen LogP contribution is 2.21. The van der Waals surface area contributed by atoms with Crippen LogP contribution in [0.15, 0.2) is 47.2 Å². The van der Waals surface area contributed by atoms with Gasteiger partial charge in [-0.1, -0.05) is 5.16 Å². The van der Waals surface area contributed by atoms with E-state index in [0.717, 1.165) is 30.7 Å². The minimum absolute atomic E-state index is 0.0326. The molecule has 1 fully saturated rings. The number of carbonyl (C=O) groups is 1. The highest BCUT2D eigenvalue weighted by atomic mass is 16.5. The number of hydrogen-bond donors (Lipinski definition) is 1. The Morgan fingerprint density at radius 2 is 2.07 bits per heavy atom. The van der Waals surface area contributed by atoms with Crippen molar-refractivity contribution in [3.8, 4) is 17.1 Å². The van der Waals surface area contributed by atoms with E-state index in [0.29, 0.717) is 24.2 Å². The van der Waals surface area contributed by atoms with Crippen LogP contribution in [0.5, 0.6) is 5.75 Å². The van der Waals surface area contributed by atoms with Gasteiger partial charge in [-0.15, -0.1) is 0 Å². The Balaban J connectivity index is 1.33. The average Bonchev–Trinajstić information content (AvgIpc) is 3.27.